The SMILES string of the molecule is O=C([C@@H]1CCCN1C(=O)O)N1CCN(C2CC2)c2ccccc21. The maximum atomic E-state index is 13.0. The standard InChI is InChI=1S/C17H21N3O3/c21-16(15-6-3-9-20(15)17(22)23)19-11-10-18(12-7-8-12)13-4-1-2-5-14(13)19/h1-2,4-5,12,15H,3,6-11H2,(H,22,23)/t15-/m0/s1. The van der Waals surface area contributed by atoms with Crippen LogP contribution < -0.4 is 9.80 Å². The van der Waals surface area contributed by atoms with Crippen molar-refractivity contribution in [2.45, 2.75) is 37.8 Å². The number of anilines is 2. The van der Waals surface area contributed by atoms with Crippen LogP contribution in [0.3, 0.4) is 0 Å². The van der Waals surface area contributed by atoms with Gasteiger partial charge in [0, 0.05) is 25.7 Å². The minimum Gasteiger partial charge on any atom is -0.465 e. The molecule has 6 nitrogen and oxygen atoms in total. The molecule has 0 bridgehead atoms. The Kier molecular flexibility index (Phi) is 3.39. The summed E-state index contributed by atoms with van der Waals surface area (Å²) in [6, 6.07) is 8.06. The van der Waals surface area contributed by atoms with Crippen LogP contribution in [0.2, 0.25) is 0 Å². The van der Waals surface area contributed by atoms with Crippen LogP contribution in [0.25, 0.3) is 0 Å². The lowest BCUT2D eigenvalue weighted by atomic mass is 10.1. The number of para-hydroxylation sites is 2. The van der Waals surface area contributed by atoms with Crippen LogP contribution >= 0.6 is 0 Å². The van der Waals surface area contributed by atoms with Gasteiger partial charge in [-0.05, 0) is 37.8 Å². The van der Waals surface area contributed by atoms with Crippen molar-refractivity contribution in [3.8, 4) is 0 Å². The highest BCUT2D eigenvalue weighted by Crippen LogP contribution is 2.40. The molecule has 2 amide bonds. The van der Waals surface area contributed by atoms with Crippen molar-refractivity contribution in [1.82, 2.24) is 4.90 Å². The summed E-state index contributed by atoms with van der Waals surface area (Å²) in [5.41, 5.74) is 2.03. The first-order chi connectivity index (χ1) is 11.2. The maximum Gasteiger partial charge on any atom is 0.407 e. The van der Waals surface area contributed by atoms with Crippen molar-refractivity contribution in [3.05, 3.63) is 24.3 Å². The molecule has 23 heavy (non-hydrogen) atoms. The van der Waals surface area contributed by atoms with E-state index in [4.69, 9.17) is 0 Å². The third-order valence-electron chi connectivity index (χ3n) is 5.08. The van der Waals surface area contributed by atoms with E-state index in [0.29, 0.717) is 25.6 Å². The van der Waals surface area contributed by atoms with Crippen LogP contribution in [0.5, 0.6) is 0 Å². The Labute approximate surface area is 135 Å². The fourth-order valence-electron chi connectivity index (χ4n) is 3.81. The van der Waals surface area contributed by atoms with E-state index in [1.165, 1.54) is 17.7 Å². The van der Waals surface area contributed by atoms with E-state index in [2.05, 4.69) is 11.0 Å². The first-order valence-electron chi connectivity index (χ1n) is 8.33. The molecule has 2 fully saturated rings. The van der Waals surface area contributed by atoms with Gasteiger partial charge in [-0.15, -0.1) is 0 Å². The van der Waals surface area contributed by atoms with E-state index in [1.54, 1.807) is 4.90 Å². The highest BCUT2D eigenvalue weighted by Gasteiger charge is 2.40. The summed E-state index contributed by atoms with van der Waals surface area (Å²) in [4.78, 5) is 29.8. The summed E-state index contributed by atoms with van der Waals surface area (Å²) in [7, 11) is 0. The minimum absolute atomic E-state index is 0.0761. The summed E-state index contributed by atoms with van der Waals surface area (Å²) in [5.74, 6) is -0.0761. The quantitative estimate of drug-likeness (QED) is 0.908. The number of nitrogens with zero attached hydrogens (tertiary/aromatic N) is 3. The summed E-state index contributed by atoms with van der Waals surface area (Å²) in [6.07, 6.45) is 2.82. The smallest absolute Gasteiger partial charge is 0.407 e. The van der Waals surface area contributed by atoms with Gasteiger partial charge in [0.1, 0.15) is 6.04 Å². The molecule has 1 aliphatic carbocycles. The number of likely N-dealkylation sites (tertiary alicyclic amines) is 1. The van der Waals surface area contributed by atoms with Crippen molar-refractivity contribution in [2.75, 3.05) is 29.4 Å². The number of benzene rings is 1. The van der Waals surface area contributed by atoms with Crippen LogP contribution in [0, 0.1) is 0 Å². The second kappa shape index (κ2) is 5.44. The van der Waals surface area contributed by atoms with Gasteiger partial charge in [0.2, 0.25) is 5.91 Å². The molecule has 1 aromatic rings. The number of carboxylic acid groups (broad SMARTS) is 1. The molecule has 1 saturated heterocycles. The molecule has 122 valence electrons. The number of amides is 2. The van der Waals surface area contributed by atoms with Crippen molar-refractivity contribution < 1.29 is 14.7 Å². The first-order valence-corrected chi connectivity index (χ1v) is 8.33. The molecule has 1 N–H and O–H groups in total. The van der Waals surface area contributed by atoms with Gasteiger partial charge in [0.15, 0.2) is 0 Å². The maximum absolute atomic E-state index is 13.0. The predicted octanol–water partition coefficient (Wildman–Crippen LogP) is 2.14. The highest BCUT2D eigenvalue weighted by atomic mass is 16.4. The van der Waals surface area contributed by atoms with Gasteiger partial charge >= 0.3 is 6.09 Å². The molecule has 4 rings (SSSR count). The Bertz CT molecular complexity index is 644. The second-order valence-corrected chi connectivity index (χ2v) is 6.54. The van der Waals surface area contributed by atoms with Crippen LogP contribution in [0.1, 0.15) is 25.7 Å². The van der Waals surface area contributed by atoms with E-state index >= 15 is 0 Å². The summed E-state index contributed by atoms with van der Waals surface area (Å²) >= 11 is 0. The molecule has 1 atom stereocenters. The fraction of sp³-hybridized carbons (Fsp3) is 0.529. The number of carbonyl (C=O) groups is 2. The average molecular weight is 315 g/mol. The Hall–Kier alpha value is -2.24. The Morgan fingerprint density at radius 2 is 1.74 bits per heavy atom. The van der Waals surface area contributed by atoms with Gasteiger partial charge in [0.25, 0.3) is 0 Å². The van der Waals surface area contributed by atoms with Gasteiger partial charge < -0.3 is 14.9 Å². The lowest BCUT2D eigenvalue weighted by molar-refractivity contribution is -0.122. The Morgan fingerprint density at radius 1 is 1.00 bits per heavy atom. The van der Waals surface area contributed by atoms with E-state index in [-0.39, 0.29) is 5.91 Å². The van der Waals surface area contributed by atoms with Crippen molar-refractivity contribution >= 4 is 23.4 Å². The summed E-state index contributed by atoms with van der Waals surface area (Å²) in [5, 5.41) is 9.30. The number of rotatable bonds is 2. The summed E-state index contributed by atoms with van der Waals surface area (Å²) in [6.45, 7) is 1.92. The minimum atomic E-state index is -0.995. The van der Waals surface area contributed by atoms with Crippen molar-refractivity contribution in [2.24, 2.45) is 0 Å². The molecule has 3 aliphatic rings. The zero-order chi connectivity index (χ0) is 16.0. The molecule has 0 spiro atoms. The third kappa shape index (κ3) is 2.42. The lowest BCUT2D eigenvalue weighted by Crippen LogP contribution is -2.52. The van der Waals surface area contributed by atoms with Crippen LogP contribution in [0.4, 0.5) is 16.2 Å². The number of hydrogen-bond acceptors (Lipinski definition) is 3. The predicted molar refractivity (Wildman–Crippen MR) is 86.9 cm³/mol. The molecular formula is C17H21N3O3. The normalized spacial score (nSPS) is 23.8. The van der Waals surface area contributed by atoms with Gasteiger partial charge in [-0.25, -0.2) is 4.79 Å². The number of carbonyl (C=O) groups excluding carboxylic acids is 1. The first kappa shape index (κ1) is 14.4. The van der Waals surface area contributed by atoms with Crippen LogP contribution in [-0.4, -0.2) is 53.7 Å². The van der Waals surface area contributed by atoms with E-state index < -0.39 is 12.1 Å². The molecule has 0 unspecified atom stereocenters. The lowest BCUT2D eigenvalue weighted by Gasteiger charge is -2.39. The largest absolute Gasteiger partial charge is 0.465 e. The fourth-order valence-corrected chi connectivity index (χ4v) is 3.81. The number of hydrogen-bond donors (Lipinski definition) is 1. The van der Waals surface area contributed by atoms with Crippen molar-refractivity contribution in [3.63, 3.8) is 0 Å². The zero-order valence-corrected chi connectivity index (χ0v) is 13.0. The van der Waals surface area contributed by atoms with E-state index in [0.717, 1.165) is 24.3 Å². The highest BCUT2D eigenvalue weighted by molar-refractivity contribution is 6.02. The van der Waals surface area contributed by atoms with E-state index in [9.17, 15) is 14.7 Å². The van der Waals surface area contributed by atoms with Crippen LogP contribution in [0.15, 0.2) is 24.3 Å². The third-order valence-corrected chi connectivity index (χ3v) is 5.08. The van der Waals surface area contributed by atoms with Gasteiger partial charge in [-0.1, -0.05) is 12.1 Å². The number of fused-ring (bicyclic) bond motifs is 1. The molecule has 0 radical (unpaired) electrons. The van der Waals surface area contributed by atoms with Gasteiger partial charge in [-0.2, -0.15) is 0 Å². The zero-order valence-electron chi connectivity index (χ0n) is 13.0. The van der Waals surface area contributed by atoms with Gasteiger partial charge in [0.05, 0.1) is 11.4 Å². The molecule has 0 aromatic heterocycles. The molecule has 2 heterocycles. The monoisotopic (exact) mass is 315 g/mol. The molecule has 2 aliphatic heterocycles. The molecule has 1 saturated carbocycles. The van der Waals surface area contributed by atoms with Crippen LogP contribution in [-0.2, 0) is 4.79 Å². The summed E-state index contributed by atoms with van der Waals surface area (Å²) < 4.78 is 0. The molecular weight excluding hydrogens is 294 g/mol. The average Bonchev–Trinajstić information content (AvgIpc) is 3.28. The van der Waals surface area contributed by atoms with Gasteiger partial charge in [-0.3, -0.25) is 9.69 Å². The molecule has 1 aromatic carbocycles. The Balaban J connectivity index is 1.62. The Morgan fingerprint density at radius 3 is 2.43 bits per heavy atom. The molecule has 6 heteroatoms. The van der Waals surface area contributed by atoms with Crippen molar-refractivity contribution in [1.29, 1.82) is 0 Å². The second-order valence-electron chi connectivity index (χ2n) is 6.54. The topological polar surface area (TPSA) is 64.1 Å². The van der Waals surface area contributed by atoms with E-state index in [1.807, 2.05) is 18.2 Å².